The Morgan fingerprint density at radius 3 is 2.72 bits per heavy atom. The zero-order valence-electron chi connectivity index (χ0n) is 18.9. The number of piperidine rings is 1. The number of anilines is 1. The van der Waals surface area contributed by atoms with Crippen molar-refractivity contribution in [3.05, 3.63) is 65.2 Å². The molecule has 2 atom stereocenters. The molecule has 2 aliphatic heterocycles. The molecule has 1 aliphatic carbocycles. The second-order valence-corrected chi connectivity index (χ2v) is 9.53. The van der Waals surface area contributed by atoms with Crippen LogP contribution >= 0.6 is 0 Å². The number of fused-ring (bicyclic) bond motifs is 1. The minimum Gasteiger partial charge on any atom is -0.372 e. The Balaban J connectivity index is 1.20. The van der Waals surface area contributed by atoms with Gasteiger partial charge in [0.1, 0.15) is 0 Å². The Hall–Kier alpha value is -2.21. The van der Waals surface area contributed by atoms with E-state index in [4.69, 9.17) is 9.47 Å². The highest BCUT2D eigenvalue weighted by molar-refractivity contribution is 5.92. The quantitative estimate of drug-likeness (QED) is 0.735. The molecule has 0 bridgehead atoms. The number of nitrogens with zero attached hydrogens (tertiary/aromatic N) is 1. The number of benzene rings is 2. The van der Waals surface area contributed by atoms with Crippen LogP contribution in [0.25, 0.3) is 0 Å². The first-order chi connectivity index (χ1) is 15.7. The monoisotopic (exact) mass is 434 g/mol. The van der Waals surface area contributed by atoms with Gasteiger partial charge in [-0.2, -0.15) is 0 Å². The molecule has 1 N–H and O–H groups in total. The summed E-state index contributed by atoms with van der Waals surface area (Å²) in [5.41, 5.74) is 4.72. The molecule has 2 aromatic carbocycles. The summed E-state index contributed by atoms with van der Waals surface area (Å²) >= 11 is 0. The third-order valence-electron chi connectivity index (χ3n) is 7.29. The number of aryl methyl sites for hydroxylation is 2. The smallest absolute Gasteiger partial charge is 0.238 e. The SMILES string of the molecule is O=C(CN1CC[C@@]2(CCCO2)[C@H](OCc2ccccc2)C1)Nc1ccc2c(c1)CCCC2. The molecule has 5 heteroatoms. The number of hydrogen-bond acceptors (Lipinski definition) is 4. The van der Waals surface area contributed by atoms with Gasteiger partial charge >= 0.3 is 0 Å². The molecule has 1 spiro atoms. The van der Waals surface area contributed by atoms with Gasteiger partial charge in [0.25, 0.3) is 0 Å². The van der Waals surface area contributed by atoms with E-state index in [0.29, 0.717) is 13.2 Å². The molecule has 0 saturated carbocycles. The van der Waals surface area contributed by atoms with Crippen molar-refractivity contribution < 1.29 is 14.3 Å². The van der Waals surface area contributed by atoms with Gasteiger partial charge in [0.2, 0.25) is 5.91 Å². The van der Waals surface area contributed by atoms with Crippen molar-refractivity contribution in [1.82, 2.24) is 4.90 Å². The number of amides is 1. The Bertz CT molecular complexity index is 924. The van der Waals surface area contributed by atoms with Crippen LogP contribution in [0.2, 0.25) is 0 Å². The van der Waals surface area contributed by atoms with Crippen molar-refractivity contribution in [1.29, 1.82) is 0 Å². The minimum atomic E-state index is -0.194. The number of likely N-dealkylation sites (tertiary alicyclic amines) is 1. The van der Waals surface area contributed by atoms with Gasteiger partial charge in [0, 0.05) is 25.4 Å². The summed E-state index contributed by atoms with van der Waals surface area (Å²) in [5, 5.41) is 3.12. The molecular formula is C27H34N2O3. The lowest BCUT2D eigenvalue weighted by molar-refractivity contribution is -0.159. The number of hydrogen-bond donors (Lipinski definition) is 1. The van der Waals surface area contributed by atoms with Crippen LogP contribution in [0.3, 0.4) is 0 Å². The van der Waals surface area contributed by atoms with Crippen molar-refractivity contribution >= 4 is 11.6 Å². The van der Waals surface area contributed by atoms with Crippen molar-refractivity contribution in [3.8, 4) is 0 Å². The topological polar surface area (TPSA) is 50.8 Å². The highest BCUT2D eigenvalue weighted by Crippen LogP contribution is 2.38. The molecule has 32 heavy (non-hydrogen) atoms. The van der Waals surface area contributed by atoms with Crippen LogP contribution in [-0.4, -0.2) is 48.8 Å². The van der Waals surface area contributed by atoms with Gasteiger partial charge in [-0.1, -0.05) is 36.4 Å². The molecule has 2 aromatic rings. The predicted octanol–water partition coefficient (Wildman–Crippen LogP) is 4.34. The van der Waals surface area contributed by atoms with Gasteiger partial charge in [0.15, 0.2) is 0 Å². The summed E-state index contributed by atoms with van der Waals surface area (Å²) < 4.78 is 12.6. The van der Waals surface area contributed by atoms with E-state index in [9.17, 15) is 4.79 Å². The van der Waals surface area contributed by atoms with Crippen LogP contribution < -0.4 is 5.32 Å². The molecule has 0 radical (unpaired) electrons. The van der Waals surface area contributed by atoms with E-state index in [1.54, 1.807) is 0 Å². The van der Waals surface area contributed by atoms with E-state index in [2.05, 4.69) is 34.5 Å². The number of nitrogens with one attached hydrogen (secondary N) is 1. The lowest BCUT2D eigenvalue weighted by Crippen LogP contribution is -2.57. The van der Waals surface area contributed by atoms with Crippen LogP contribution in [0.1, 0.15) is 48.8 Å². The van der Waals surface area contributed by atoms with Crippen LogP contribution in [0.4, 0.5) is 5.69 Å². The predicted molar refractivity (Wildman–Crippen MR) is 126 cm³/mol. The van der Waals surface area contributed by atoms with Gasteiger partial charge in [-0.25, -0.2) is 0 Å². The lowest BCUT2D eigenvalue weighted by atomic mass is 9.85. The molecule has 0 aromatic heterocycles. The fourth-order valence-electron chi connectivity index (χ4n) is 5.50. The Kier molecular flexibility index (Phi) is 6.58. The third-order valence-corrected chi connectivity index (χ3v) is 7.29. The van der Waals surface area contributed by atoms with Crippen LogP contribution in [0.15, 0.2) is 48.5 Å². The van der Waals surface area contributed by atoms with Gasteiger partial charge < -0.3 is 14.8 Å². The second kappa shape index (κ2) is 9.74. The maximum atomic E-state index is 12.8. The highest BCUT2D eigenvalue weighted by Gasteiger charge is 2.47. The molecule has 1 amide bonds. The van der Waals surface area contributed by atoms with Crippen molar-refractivity contribution in [2.45, 2.75) is 63.3 Å². The first-order valence-corrected chi connectivity index (χ1v) is 12.1. The highest BCUT2D eigenvalue weighted by atomic mass is 16.6. The Morgan fingerprint density at radius 1 is 1.06 bits per heavy atom. The van der Waals surface area contributed by atoms with E-state index >= 15 is 0 Å². The van der Waals surface area contributed by atoms with E-state index in [0.717, 1.165) is 57.5 Å². The first kappa shape index (κ1) is 21.6. The summed E-state index contributed by atoms with van der Waals surface area (Å²) in [4.78, 5) is 15.0. The molecule has 5 nitrogen and oxygen atoms in total. The minimum absolute atomic E-state index is 0.0181. The van der Waals surface area contributed by atoms with E-state index < -0.39 is 0 Å². The molecular weight excluding hydrogens is 400 g/mol. The average Bonchev–Trinajstić information content (AvgIpc) is 3.29. The zero-order valence-corrected chi connectivity index (χ0v) is 18.9. The molecule has 2 saturated heterocycles. The number of carbonyl (C=O) groups excluding carboxylic acids is 1. The first-order valence-electron chi connectivity index (χ1n) is 12.1. The fourth-order valence-corrected chi connectivity index (χ4v) is 5.50. The molecule has 3 aliphatic rings. The van der Waals surface area contributed by atoms with Crippen molar-refractivity contribution in [3.63, 3.8) is 0 Å². The molecule has 2 heterocycles. The van der Waals surface area contributed by atoms with Gasteiger partial charge in [-0.15, -0.1) is 0 Å². The van der Waals surface area contributed by atoms with Crippen molar-refractivity contribution in [2.24, 2.45) is 0 Å². The van der Waals surface area contributed by atoms with Gasteiger partial charge in [0.05, 0.1) is 24.9 Å². The van der Waals surface area contributed by atoms with Crippen LogP contribution in [0, 0.1) is 0 Å². The summed E-state index contributed by atoms with van der Waals surface area (Å²) in [6, 6.07) is 16.7. The summed E-state index contributed by atoms with van der Waals surface area (Å²) in [6.45, 7) is 3.36. The molecule has 5 rings (SSSR count). The number of carbonyl (C=O) groups is 1. The summed E-state index contributed by atoms with van der Waals surface area (Å²) in [6.07, 6.45) is 7.82. The molecule has 2 fully saturated rings. The standard InChI is InChI=1S/C27H34N2O3/c30-26(28-24-12-11-22-9-4-5-10-23(22)17-24)19-29-15-14-27(13-6-16-32-27)25(18-29)31-20-21-7-2-1-3-8-21/h1-3,7-8,11-12,17,25H,4-6,9-10,13-16,18-20H2,(H,28,30)/t25-,27+/m1/s1. The zero-order chi connectivity index (χ0) is 21.8. The largest absolute Gasteiger partial charge is 0.372 e. The third kappa shape index (κ3) is 4.90. The van der Waals surface area contributed by atoms with Gasteiger partial charge in [-0.05, 0) is 73.8 Å². The second-order valence-electron chi connectivity index (χ2n) is 9.53. The Labute approximate surface area is 191 Å². The Morgan fingerprint density at radius 2 is 1.91 bits per heavy atom. The normalized spacial score (nSPS) is 25.6. The molecule has 0 unspecified atom stereocenters. The number of ether oxygens (including phenoxy) is 2. The maximum absolute atomic E-state index is 12.8. The summed E-state index contributed by atoms with van der Waals surface area (Å²) in [7, 11) is 0. The van der Waals surface area contributed by atoms with E-state index in [1.807, 2.05) is 24.3 Å². The lowest BCUT2D eigenvalue weighted by Gasteiger charge is -2.44. The van der Waals surface area contributed by atoms with E-state index in [1.165, 1.54) is 29.5 Å². The number of rotatable bonds is 6. The fraction of sp³-hybridized carbons (Fsp3) is 0.519. The maximum Gasteiger partial charge on any atom is 0.238 e. The summed E-state index contributed by atoms with van der Waals surface area (Å²) in [5.74, 6) is 0.0471. The molecule has 170 valence electrons. The van der Waals surface area contributed by atoms with Crippen LogP contribution in [-0.2, 0) is 33.7 Å². The average molecular weight is 435 g/mol. The van der Waals surface area contributed by atoms with E-state index in [-0.39, 0.29) is 17.6 Å². The van der Waals surface area contributed by atoms with Gasteiger partial charge in [-0.3, -0.25) is 9.69 Å². The van der Waals surface area contributed by atoms with Crippen molar-refractivity contribution in [2.75, 3.05) is 31.6 Å². The van der Waals surface area contributed by atoms with Crippen LogP contribution in [0.5, 0.6) is 0 Å².